The predicted octanol–water partition coefficient (Wildman–Crippen LogP) is 2.93. The number of methoxy groups -OCH3 is 1. The summed E-state index contributed by atoms with van der Waals surface area (Å²) >= 11 is 1.51. The average Bonchev–Trinajstić information content (AvgIpc) is 3.44. The Bertz CT molecular complexity index is 1110. The number of fused-ring (bicyclic) bond motifs is 1. The van der Waals surface area contributed by atoms with Crippen molar-refractivity contribution in [3.8, 4) is 5.69 Å². The van der Waals surface area contributed by atoms with Crippen LogP contribution in [-0.4, -0.2) is 52.3 Å². The summed E-state index contributed by atoms with van der Waals surface area (Å²) in [5, 5.41) is 17.8. The van der Waals surface area contributed by atoms with E-state index < -0.39 is 0 Å². The number of nitrogens with one attached hydrogen (secondary N) is 2. The van der Waals surface area contributed by atoms with Crippen LogP contribution in [0.15, 0.2) is 24.5 Å². The van der Waals surface area contributed by atoms with Gasteiger partial charge in [-0.1, -0.05) is 0 Å². The van der Waals surface area contributed by atoms with Crippen molar-refractivity contribution in [2.24, 2.45) is 0 Å². The van der Waals surface area contributed by atoms with Gasteiger partial charge in [-0.25, -0.2) is 4.68 Å². The molecule has 32 heavy (non-hydrogen) atoms. The molecule has 2 N–H and O–H groups in total. The summed E-state index contributed by atoms with van der Waals surface area (Å²) < 4.78 is 6.61. The van der Waals surface area contributed by atoms with Crippen LogP contribution in [0, 0.1) is 6.92 Å². The number of rotatable bonds is 8. The van der Waals surface area contributed by atoms with E-state index in [4.69, 9.17) is 4.74 Å². The maximum absolute atomic E-state index is 13.1. The van der Waals surface area contributed by atoms with E-state index in [0.29, 0.717) is 29.3 Å². The molecule has 0 saturated heterocycles. The number of ether oxygens (including phenoxy) is 1. The Labute approximate surface area is 190 Å². The zero-order chi connectivity index (χ0) is 22.5. The van der Waals surface area contributed by atoms with Gasteiger partial charge >= 0.3 is 0 Å². The van der Waals surface area contributed by atoms with Crippen molar-refractivity contribution >= 4 is 28.2 Å². The van der Waals surface area contributed by atoms with E-state index in [1.807, 2.05) is 13.0 Å². The average molecular weight is 455 g/mol. The van der Waals surface area contributed by atoms with Crippen LogP contribution < -0.4 is 10.6 Å². The molecule has 1 aliphatic carbocycles. The zero-order valence-corrected chi connectivity index (χ0v) is 19.0. The molecule has 0 spiro atoms. The fourth-order valence-electron chi connectivity index (χ4n) is 3.90. The van der Waals surface area contributed by atoms with E-state index in [0.717, 1.165) is 48.9 Å². The molecule has 0 atom stereocenters. The van der Waals surface area contributed by atoms with Crippen molar-refractivity contribution < 1.29 is 14.3 Å². The third-order valence-corrected chi connectivity index (χ3v) is 6.70. The molecule has 4 rings (SSSR count). The lowest BCUT2D eigenvalue weighted by atomic mass is 9.95. The zero-order valence-electron chi connectivity index (χ0n) is 18.2. The number of hydrogen-bond donors (Lipinski definition) is 2. The summed E-state index contributed by atoms with van der Waals surface area (Å²) in [6.45, 7) is 3.02. The van der Waals surface area contributed by atoms with Crippen LogP contribution in [0.3, 0.4) is 0 Å². The molecular weight excluding hydrogens is 428 g/mol. The lowest BCUT2D eigenvalue weighted by Gasteiger charge is -2.13. The molecule has 0 unspecified atom stereocenters. The number of hydrogen-bond acceptors (Lipinski definition) is 7. The molecule has 2 heterocycles. The van der Waals surface area contributed by atoms with Gasteiger partial charge in [0.25, 0.3) is 11.8 Å². The Morgan fingerprint density at radius 2 is 2.06 bits per heavy atom. The van der Waals surface area contributed by atoms with E-state index >= 15 is 0 Å². The summed E-state index contributed by atoms with van der Waals surface area (Å²) in [6.07, 6.45) is 6.22. The van der Waals surface area contributed by atoms with Gasteiger partial charge in [0.1, 0.15) is 11.3 Å². The van der Waals surface area contributed by atoms with Crippen LogP contribution in [0.25, 0.3) is 5.69 Å². The van der Waals surface area contributed by atoms with Gasteiger partial charge in [0.15, 0.2) is 0 Å². The molecule has 1 aliphatic rings. The van der Waals surface area contributed by atoms with Gasteiger partial charge < -0.3 is 15.4 Å². The van der Waals surface area contributed by atoms with Crippen molar-refractivity contribution in [3.05, 3.63) is 51.7 Å². The number of anilines is 1. The van der Waals surface area contributed by atoms with Gasteiger partial charge in [-0.3, -0.25) is 9.59 Å². The number of nitrogens with zero attached hydrogens (tertiary/aromatic N) is 4. The second-order valence-corrected chi connectivity index (χ2v) is 8.83. The van der Waals surface area contributed by atoms with Gasteiger partial charge in [-0.2, -0.15) is 0 Å². The first-order valence-electron chi connectivity index (χ1n) is 10.7. The van der Waals surface area contributed by atoms with E-state index in [1.165, 1.54) is 22.5 Å². The van der Waals surface area contributed by atoms with Gasteiger partial charge in [-0.15, -0.1) is 16.4 Å². The maximum atomic E-state index is 13.1. The number of tetrazole rings is 1. The third kappa shape index (κ3) is 4.71. The van der Waals surface area contributed by atoms with Crippen LogP contribution in [0.1, 0.15) is 56.0 Å². The number of benzene rings is 1. The summed E-state index contributed by atoms with van der Waals surface area (Å²) in [6, 6.07) is 5.34. The molecule has 0 aliphatic heterocycles. The number of carbonyl (C=O) groups is 2. The highest BCUT2D eigenvalue weighted by Crippen LogP contribution is 2.38. The number of carbonyl (C=O) groups excluding carboxylic acids is 2. The Morgan fingerprint density at radius 1 is 1.22 bits per heavy atom. The van der Waals surface area contributed by atoms with Crippen molar-refractivity contribution in [2.75, 3.05) is 25.6 Å². The fraction of sp³-hybridized carbons (Fsp3) is 0.409. The Hall–Kier alpha value is -3.11. The minimum Gasteiger partial charge on any atom is -0.385 e. The van der Waals surface area contributed by atoms with Gasteiger partial charge in [0.05, 0.1) is 11.3 Å². The standard InChI is InChI=1S/C22H26N6O3S/c1-14-12-15(8-9-17(14)28-13-24-26-27-28)20(29)25-22-19(21(30)23-10-5-11-31-2)16-6-3-4-7-18(16)32-22/h8-9,12-13H,3-7,10-11H2,1-2H3,(H,23,30)(H,25,29). The highest BCUT2D eigenvalue weighted by molar-refractivity contribution is 7.17. The highest BCUT2D eigenvalue weighted by atomic mass is 32.1. The van der Waals surface area contributed by atoms with Crippen molar-refractivity contribution in [3.63, 3.8) is 0 Å². The molecule has 0 fully saturated rings. The molecule has 1 aromatic carbocycles. The lowest BCUT2D eigenvalue weighted by Crippen LogP contribution is -2.27. The molecule has 2 amide bonds. The molecule has 3 aromatic rings. The van der Waals surface area contributed by atoms with Gasteiger partial charge in [0.2, 0.25) is 0 Å². The second-order valence-electron chi connectivity index (χ2n) is 7.73. The van der Waals surface area contributed by atoms with Gasteiger partial charge in [0, 0.05) is 30.7 Å². The lowest BCUT2D eigenvalue weighted by molar-refractivity contribution is 0.0948. The summed E-state index contributed by atoms with van der Waals surface area (Å²) in [5.74, 6) is -0.385. The fourth-order valence-corrected chi connectivity index (χ4v) is 5.18. The predicted molar refractivity (Wildman–Crippen MR) is 122 cm³/mol. The van der Waals surface area contributed by atoms with Crippen LogP contribution in [-0.2, 0) is 17.6 Å². The molecular formula is C22H26N6O3S. The Morgan fingerprint density at radius 3 is 2.81 bits per heavy atom. The molecule has 9 nitrogen and oxygen atoms in total. The van der Waals surface area contributed by atoms with E-state index in [9.17, 15) is 9.59 Å². The normalized spacial score (nSPS) is 12.9. The summed E-state index contributed by atoms with van der Waals surface area (Å²) in [5.41, 5.74) is 3.86. The SMILES string of the molecule is COCCCNC(=O)c1c(NC(=O)c2ccc(-n3cnnn3)c(C)c2)sc2c1CCCC2. The molecule has 0 saturated carbocycles. The topological polar surface area (TPSA) is 111 Å². The van der Waals surface area contributed by atoms with Crippen LogP contribution in [0.4, 0.5) is 5.00 Å². The first kappa shape index (κ1) is 22.1. The van der Waals surface area contributed by atoms with Crippen molar-refractivity contribution in [1.82, 2.24) is 25.5 Å². The van der Waals surface area contributed by atoms with Crippen LogP contribution in [0.5, 0.6) is 0 Å². The smallest absolute Gasteiger partial charge is 0.256 e. The second kappa shape index (κ2) is 10.0. The number of amides is 2. The number of aromatic nitrogens is 4. The van der Waals surface area contributed by atoms with Crippen molar-refractivity contribution in [1.29, 1.82) is 0 Å². The minimum atomic E-state index is -0.247. The van der Waals surface area contributed by atoms with E-state index in [2.05, 4.69) is 26.2 Å². The first-order valence-corrected chi connectivity index (χ1v) is 11.5. The number of aryl methyl sites for hydroxylation is 2. The van der Waals surface area contributed by atoms with Crippen LogP contribution >= 0.6 is 11.3 Å². The van der Waals surface area contributed by atoms with E-state index in [-0.39, 0.29) is 11.8 Å². The molecule has 0 radical (unpaired) electrons. The van der Waals surface area contributed by atoms with Gasteiger partial charge in [-0.05, 0) is 78.8 Å². The highest BCUT2D eigenvalue weighted by Gasteiger charge is 2.26. The minimum absolute atomic E-state index is 0.138. The first-order chi connectivity index (χ1) is 15.6. The third-order valence-electron chi connectivity index (χ3n) is 5.49. The summed E-state index contributed by atoms with van der Waals surface area (Å²) in [7, 11) is 1.64. The van der Waals surface area contributed by atoms with Crippen LogP contribution in [0.2, 0.25) is 0 Å². The monoisotopic (exact) mass is 454 g/mol. The van der Waals surface area contributed by atoms with E-state index in [1.54, 1.807) is 23.9 Å². The molecule has 0 bridgehead atoms. The maximum Gasteiger partial charge on any atom is 0.256 e. The summed E-state index contributed by atoms with van der Waals surface area (Å²) in [4.78, 5) is 27.2. The molecule has 168 valence electrons. The number of thiophene rings is 1. The Kier molecular flexibility index (Phi) is 6.91. The quantitative estimate of drug-likeness (QED) is 0.506. The largest absolute Gasteiger partial charge is 0.385 e. The molecule has 2 aromatic heterocycles. The van der Waals surface area contributed by atoms with Crippen molar-refractivity contribution in [2.45, 2.75) is 39.0 Å². The molecule has 10 heteroatoms. The Balaban J connectivity index is 1.55.